The minimum atomic E-state index is 0.137. The summed E-state index contributed by atoms with van der Waals surface area (Å²) in [7, 11) is 0. The van der Waals surface area contributed by atoms with E-state index in [9.17, 15) is 4.79 Å². The Kier molecular flexibility index (Phi) is 3.84. The molecule has 3 rings (SSSR count). The number of rotatable bonds is 3. The van der Waals surface area contributed by atoms with Gasteiger partial charge >= 0.3 is 0 Å². The first-order valence-corrected chi connectivity index (χ1v) is 7.59. The lowest BCUT2D eigenvalue weighted by atomic mass is 10.3. The van der Waals surface area contributed by atoms with E-state index in [2.05, 4.69) is 20.6 Å². The van der Waals surface area contributed by atoms with Gasteiger partial charge in [-0.3, -0.25) is 9.69 Å². The summed E-state index contributed by atoms with van der Waals surface area (Å²) in [5.41, 5.74) is 1.04. The van der Waals surface area contributed by atoms with E-state index in [4.69, 9.17) is 4.42 Å². The molecular formula is C14H17N3O2S. The van der Waals surface area contributed by atoms with Crippen LogP contribution in [0.3, 0.4) is 0 Å². The van der Waals surface area contributed by atoms with Gasteiger partial charge in [-0.25, -0.2) is 4.98 Å². The number of furan rings is 1. The molecule has 0 spiro atoms. The van der Waals surface area contributed by atoms with Crippen molar-refractivity contribution in [1.82, 2.24) is 15.2 Å². The van der Waals surface area contributed by atoms with Crippen molar-refractivity contribution in [1.29, 1.82) is 0 Å². The van der Waals surface area contributed by atoms with Crippen LogP contribution in [0.2, 0.25) is 0 Å². The summed E-state index contributed by atoms with van der Waals surface area (Å²) < 4.78 is 5.59. The van der Waals surface area contributed by atoms with Gasteiger partial charge in [-0.1, -0.05) is 0 Å². The Bertz CT molecular complexity index is 605. The zero-order chi connectivity index (χ0) is 13.9. The lowest BCUT2D eigenvalue weighted by molar-refractivity contribution is -0.120. The van der Waals surface area contributed by atoms with Crippen molar-refractivity contribution in [2.24, 2.45) is 0 Å². The molecule has 0 bridgehead atoms. The number of nitrogens with one attached hydrogen (secondary N) is 1. The SMILES string of the molecule is Cc1ccc(-c2nc(CN3CCNC(=O)CC3)cs2)o1. The molecule has 1 saturated heterocycles. The van der Waals surface area contributed by atoms with Gasteiger partial charge in [0.05, 0.1) is 5.69 Å². The molecular weight excluding hydrogens is 274 g/mol. The monoisotopic (exact) mass is 291 g/mol. The molecule has 106 valence electrons. The summed E-state index contributed by atoms with van der Waals surface area (Å²) in [4.78, 5) is 18.2. The van der Waals surface area contributed by atoms with Crippen molar-refractivity contribution in [2.45, 2.75) is 19.9 Å². The molecule has 0 saturated carbocycles. The summed E-state index contributed by atoms with van der Waals surface area (Å²) in [5, 5.41) is 5.86. The molecule has 1 fully saturated rings. The summed E-state index contributed by atoms with van der Waals surface area (Å²) in [6.07, 6.45) is 0.564. The first-order chi connectivity index (χ1) is 9.70. The van der Waals surface area contributed by atoms with Gasteiger partial charge in [0.25, 0.3) is 0 Å². The number of amides is 1. The smallest absolute Gasteiger partial charge is 0.221 e. The lowest BCUT2D eigenvalue weighted by Gasteiger charge is -2.17. The summed E-state index contributed by atoms with van der Waals surface area (Å²) in [6, 6.07) is 3.90. The molecule has 0 aliphatic carbocycles. The van der Waals surface area contributed by atoms with Crippen molar-refractivity contribution in [2.75, 3.05) is 19.6 Å². The van der Waals surface area contributed by atoms with Crippen LogP contribution in [0.1, 0.15) is 17.9 Å². The summed E-state index contributed by atoms with van der Waals surface area (Å²) >= 11 is 1.60. The Balaban J connectivity index is 1.66. The highest BCUT2D eigenvalue weighted by Gasteiger charge is 2.15. The van der Waals surface area contributed by atoms with Gasteiger partial charge in [0.15, 0.2) is 10.8 Å². The van der Waals surface area contributed by atoms with E-state index in [0.717, 1.165) is 41.9 Å². The number of aromatic nitrogens is 1. The highest BCUT2D eigenvalue weighted by atomic mass is 32.1. The van der Waals surface area contributed by atoms with Crippen molar-refractivity contribution in [3.8, 4) is 10.8 Å². The molecule has 1 amide bonds. The number of carbonyl (C=O) groups is 1. The maximum Gasteiger partial charge on any atom is 0.221 e. The Morgan fingerprint density at radius 1 is 1.45 bits per heavy atom. The highest BCUT2D eigenvalue weighted by molar-refractivity contribution is 7.13. The Hall–Kier alpha value is -1.66. The zero-order valence-electron chi connectivity index (χ0n) is 11.4. The van der Waals surface area contributed by atoms with Crippen molar-refractivity contribution in [3.63, 3.8) is 0 Å². The highest BCUT2D eigenvalue weighted by Crippen LogP contribution is 2.26. The van der Waals surface area contributed by atoms with Crippen LogP contribution >= 0.6 is 11.3 Å². The van der Waals surface area contributed by atoms with Gasteiger partial charge in [0, 0.05) is 38.0 Å². The van der Waals surface area contributed by atoms with Crippen molar-refractivity contribution in [3.05, 3.63) is 29.0 Å². The second kappa shape index (κ2) is 5.76. The number of thiazole rings is 1. The molecule has 20 heavy (non-hydrogen) atoms. The standard InChI is InChI=1S/C14H17N3O2S/c1-10-2-3-12(19-10)14-16-11(9-20-14)8-17-6-4-13(18)15-5-7-17/h2-3,9H,4-8H2,1H3,(H,15,18). The predicted octanol–water partition coefficient (Wildman–Crippen LogP) is 2.03. The van der Waals surface area contributed by atoms with Crippen LogP contribution in [0, 0.1) is 6.92 Å². The van der Waals surface area contributed by atoms with Crippen LogP contribution in [0.5, 0.6) is 0 Å². The van der Waals surface area contributed by atoms with E-state index in [0.29, 0.717) is 13.0 Å². The Morgan fingerprint density at radius 2 is 2.35 bits per heavy atom. The lowest BCUT2D eigenvalue weighted by Crippen LogP contribution is -2.28. The molecule has 2 aromatic rings. The first kappa shape index (κ1) is 13.3. The summed E-state index contributed by atoms with van der Waals surface area (Å²) in [5.74, 6) is 1.86. The zero-order valence-corrected chi connectivity index (χ0v) is 12.2. The average Bonchev–Trinajstić information content (AvgIpc) is 2.99. The van der Waals surface area contributed by atoms with Gasteiger partial charge in [-0.15, -0.1) is 11.3 Å². The van der Waals surface area contributed by atoms with E-state index in [-0.39, 0.29) is 5.91 Å². The molecule has 6 heteroatoms. The quantitative estimate of drug-likeness (QED) is 0.940. The Labute approximate surface area is 121 Å². The van der Waals surface area contributed by atoms with Crippen LogP contribution in [0.25, 0.3) is 10.8 Å². The van der Waals surface area contributed by atoms with Gasteiger partial charge in [0.1, 0.15) is 5.76 Å². The number of nitrogens with zero attached hydrogens (tertiary/aromatic N) is 2. The minimum absolute atomic E-state index is 0.137. The second-order valence-corrected chi connectivity index (χ2v) is 5.79. The normalized spacial score (nSPS) is 16.9. The minimum Gasteiger partial charge on any atom is -0.459 e. The molecule has 1 N–H and O–H groups in total. The molecule has 0 radical (unpaired) electrons. The van der Waals surface area contributed by atoms with E-state index < -0.39 is 0 Å². The Morgan fingerprint density at radius 3 is 3.15 bits per heavy atom. The van der Waals surface area contributed by atoms with Crippen LogP contribution in [0.15, 0.2) is 21.9 Å². The molecule has 1 aliphatic rings. The fourth-order valence-corrected chi connectivity index (χ4v) is 3.01. The van der Waals surface area contributed by atoms with Gasteiger partial charge in [0.2, 0.25) is 5.91 Å². The molecule has 2 aromatic heterocycles. The maximum absolute atomic E-state index is 11.3. The van der Waals surface area contributed by atoms with Crippen molar-refractivity contribution < 1.29 is 9.21 Å². The number of hydrogen-bond acceptors (Lipinski definition) is 5. The fourth-order valence-electron chi connectivity index (χ4n) is 2.24. The number of carbonyl (C=O) groups excluding carboxylic acids is 1. The number of hydrogen-bond donors (Lipinski definition) is 1. The third kappa shape index (κ3) is 3.08. The van der Waals surface area contributed by atoms with Crippen LogP contribution in [-0.4, -0.2) is 35.4 Å². The fraction of sp³-hybridized carbons (Fsp3) is 0.429. The third-order valence-corrected chi connectivity index (χ3v) is 4.20. The van der Waals surface area contributed by atoms with Gasteiger partial charge in [-0.2, -0.15) is 0 Å². The van der Waals surface area contributed by atoms with E-state index >= 15 is 0 Å². The van der Waals surface area contributed by atoms with E-state index in [1.165, 1.54) is 0 Å². The van der Waals surface area contributed by atoms with E-state index in [1.807, 2.05) is 19.1 Å². The van der Waals surface area contributed by atoms with Crippen LogP contribution in [0.4, 0.5) is 0 Å². The molecule has 5 nitrogen and oxygen atoms in total. The van der Waals surface area contributed by atoms with Crippen LogP contribution < -0.4 is 5.32 Å². The molecule has 0 aromatic carbocycles. The second-order valence-electron chi connectivity index (χ2n) is 4.93. The molecule has 1 aliphatic heterocycles. The number of aryl methyl sites for hydroxylation is 1. The van der Waals surface area contributed by atoms with Gasteiger partial charge in [-0.05, 0) is 19.1 Å². The molecule has 0 unspecified atom stereocenters. The summed E-state index contributed by atoms with van der Waals surface area (Å²) in [6.45, 7) is 5.09. The third-order valence-electron chi connectivity index (χ3n) is 3.29. The van der Waals surface area contributed by atoms with Crippen LogP contribution in [-0.2, 0) is 11.3 Å². The van der Waals surface area contributed by atoms with Gasteiger partial charge < -0.3 is 9.73 Å². The predicted molar refractivity (Wildman–Crippen MR) is 77.5 cm³/mol. The first-order valence-electron chi connectivity index (χ1n) is 6.71. The average molecular weight is 291 g/mol. The maximum atomic E-state index is 11.3. The topological polar surface area (TPSA) is 58.4 Å². The molecule has 3 heterocycles. The van der Waals surface area contributed by atoms with Crippen molar-refractivity contribution >= 4 is 17.2 Å². The van der Waals surface area contributed by atoms with E-state index in [1.54, 1.807) is 11.3 Å². The molecule has 0 atom stereocenters. The largest absolute Gasteiger partial charge is 0.459 e.